The number of quaternary nitrogens is 1. The van der Waals surface area contributed by atoms with Gasteiger partial charge in [-0.1, -0.05) is 50.3 Å². The highest BCUT2D eigenvalue weighted by Gasteiger charge is 2.59. The second kappa shape index (κ2) is 12.0. The van der Waals surface area contributed by atoms with Crippen molar-refractivity contribution in [2.24, 2.45) is 34.5 Å². The van der Waals surface area contributed by atoms with Gasteiger partial charge in [-0.05, 0) is 104 Å². The Morgan fingerprint density at radius 2 is 1.82 bits per heavy atom. The molecule has 4 aliphatic carbocycles. The Hall–Kier alpha value is -1.69. The van der Waals surface area contributed by atoms with Crippen molar-refractivity contribution in [2.45, 2.75) is 104 Å². The lowest BCUT2D eigenvalue weighted by molar-refractivity contribution is -0.693. The number of fused-ring (bicyclic) bond motifs is 5. The minimum atomic E-state index is -0.533. The van der Waals surface area contributed by atoms with Crippen molar-refractivity contribution in [3.63, 3.8) is 0 Å². The molecule has 216 valence electrons. The van der Waals surface area contributed by atoms with Crippen LogP contribution in [0.4, 0.5) is 0 Å². The first-order valence-electron chi connectivity index (χ1n) is 15.1. The molecular formula is C33H48ClNO4. The Morgan fingerprint density at radius 1 is 1.08 bits per heavy atom. The van der Waals surface area contributed by atoms with E-state index in [2.05, 4.69) is 25.2 Å². The second-order valence-electron chi connectivity index (χ2n) is 13.4. The lowest BCUT2D eigenvalue weighted by Gasteiger charge is -2.60. The first-order chi connectivity index (χ1) is 18.1. The van der Waals surface area contributed by atoms with Crippen molar-refractivity contribution >= 4 is 11.8 Å². The molecule has 1 aromatic carbocycles. The molecule has 0 spiro atoms. The second-order valence-corrected chi connectivity index (χ2v) is 13.4. The van der Waals surface area contributed by atoms with E-state index in [9.17, 15) is 14.7 Å². The fourth-order valence-corrected chi connectivity index (χ4v) is 9.25. The Labute approximate surface area is 241 Å². The Bertz CT molecular complexity index is 1060. The Kier molecular flexibility index (Phi) is 9.35. The summed E-state index contributed by atoms with van der Waals surface area (Å²) in [5, 5.41) is 12.8. The molecule has 3 N–H and O–H groups in total. The quantitative estimate of drug-likeness (QED) is 0.480. The maximum atomic E-state index is 13.5. The largest absolute Gasteiger partial charge is 1.00 e. The van der Waals surface area contributed by atoms with Crippen molar-refractivity contribution < 1.29 is 37.2 Å². The van der Waals surface area contributed by atoms with Gasteiger partial charge in [0.15, 0.2) is 5.78 Å². The van der Waals surface area contributed by atoms with E-state index in [-0.39, 0.29) is 35.9 Å². The topological polar surface area (TPSA) is 80.2 Å². The fraction of sp³-hybridized carbons (Fsp3) is 0.697. The number of Topliss-reactive ketones (excluding diaryl/α,β-unsaturated/α-hetero) is 1. The van der Waals surface area contributed by atoms with Gasteiger partial charge in [0, 0.05) is 6.92 Å². The third kappa shape index (κ3) is 5.74. The van der Waals surface area contributed by atoms with Crippen LogP contribution in [0.25, 0.3) is 0 Å². The van der Waals surface area contributed by atoms with E-state index in [0.29, 0.717) is 47.8 Å². The molecule has 0 bridgehead atoms. The number of esters is 1. The summed E-state index contributed by atoms with van der Waals surface area (Å²) in [6, 6.07) is 9.79. The molecule has 0 amide bonds. The van der Waals surface area contributed by atoms with Gasteiger partial charge in [0.1, 0.15) is 18.2 Å². The zero-order valence-electron chi connectivity index (χ0n) is 24.2. The van der Waals surface area contributed by atoms with Crippen molar-refractivity contribution in [1.82, 2.24) is 0 Å². The summed E-state index contributed by atoms with van der Waals surface area (Å²) in [5.41, 5.74) is 2.36. The van der Waals surface area contributed by atoms with E-state index in [0.717, 1.165) is 43.2 Å². The molecule has 0 aliphatic heterocycles. The summed E-state index contributed by atoms with van der Waals surface area (Å²) in [6.45, 7) is 9.17. The van der Waals surface area contributed by atoms with E-state index in [1.807, 2.05) is 37.3 Å². The van der Waals surface area contributed by atoms with Crippen LogP contribution in [0.5, 0.6) is 0 Å². The van der Waals surface area contributed by atoms with Gasteiger partial charge in [-0.3, -0.25) is 9.59 Å². The van der Waals surface area contributed by atoms with Crippen molar-refractivity contribution in [1.29, 1.82) is 0 Å². The lowest BCUT2D eigenvalue weighted by Crippen LogP contribution is -3.00. The molecule has 1 aromatic rings. The number of aliphatic hydroxyl groups is 1. The smallest absolute Gasteiger partial charge is 0.302 e. The van der Waals surface area contributed by atoms with Gasteiger partial charge in [-0.2, -0.15) is 0 Å². The van der Waals surface area contributed by atoms with Gasteiger partial charge >= 0.3 is 5.97 Å². The van der Waals surface area contributed by atoms with Crippen LogP contribution >= 0.6 is 0 Å². The van der Waals surface area contributed by atoms with Crippen molar-refractivity contribution in [3.05, 3.63) is 47.5 Å². The maximum absolute atomic E-state index is 13.5. The van der Waals surface area contributed by atoms with Crippen LogP contribution in [0.2, 0.25) is 0 Å². The number of aliphatic hydroxyl groups excluding tert-OH is 1. The summed E-state index contributed by atoms with van der Waals surface area (Å²) in [5.74, 6) is 2.79. The number of hydrogen-bond donors (Lipinski definition) is 2. The minimum Gasteiger partial charge on any atom is -1.00 e. The summed E-state index contributed by atoms with van der Waals surface area (Å²) < 4.78 is 5.63. The molecule has 5 nitrogen and oxygen atoms in total. The summed E-state index contributed by atoms with van der Waals surface area (Å²) in [7, 11) is 0. The minimum absolute atomic E-state index is 0. The van der Waals surface area contributed by atoms with Crippen LogP contribution in [0.1, 0.15) is 97.1 Å². The predicted molar refractivity (Wildman–Crippen MR) is 148 cm³/mol. The zero-order valence-corrected chi connectivity index (χ0v) is 25.0. The average molecular weight is 558 g/mol. The molecule has 9 atom stereocenters. The van der Waals surface area contributed by atoms with E-state index in [4.69, 9.17) is 4.74 Å². The van der Waals surface area contributed by atoms with Gasteiger partial charge in [-0.15, -0.1) is 0 Å². The summed E-state index contributed by atoms with van der Waals surface area (Å²) in [6.07, 6.45) is 11.4. The zero-order chi connectivity index (χ0) is 27.1. The number of carbonyl (C=O) groups excluding carboxylic acids is 2. The van der Waals surface area contributed by atoms with Gasteiger partial charge in [-0.25, -0.2) is 0 Å². The van der Waals surface area contributed by atoms with Crippen LogP contribution in [0, 0.1) is 34.5 Å². The van der Waals surface area contributed by atoms with Crippen LogP contribution in [-0.4, -0.2) is 35.5 Å². The normalized spacial score (nSPS) is 36.7. The van der Waals surface area contributed by atoms with E-state index in [1.54, 1.807) is 0 Å². The lowest BCUT2D eigenvalue weighted by atomic mass is 9.44. The molecule has 39 heavy (non-hydrogen) atoms. The van der Waals surface area contributed by atoms with Crippen LogP contribution in [0.3, 0.4) is 0 Å². The Morgan fingerprint density at radius 3 is 2.54 bits per heavy atom. The Balaban J connectivity index is 0.00000353. The predicted octanol–water partition coefficient (Wildman–Crippen LogP) is 2.15. The van der Waals surface area contributed by atoms with E-state index >= 15 is 0 Å². The molecule has 0 aromatic heterocycles. The third-order valence-corrected chi connectivity index (χ3v) is 11.4. The average Bonchev–Trinajstić information content (AvgIpc) is 3.26. The number of allylic oxidation sites excluding steroid dienone is 2. The highest BCUT2D eigenvalue weighted by Crippen LogP contribution is 2.66. The van der Waals surface area contributed by atoms with Crippen LogP contribution in [0.15, 0.2) is 42.0 Å². The molecular weight excluding hydrogens is 510 g/mol. The number of ether oxygens (including phenoxy) is 1. The summed E-state index contributed by atoms with van der Waals surface area (Å²) >= 11 is 0. The molecule has 6 heteroatoms. The first-order valence-corrected chi connectivity index (χ1v) is 15.1. The number of carbonyl (C=O) groups is 2. The first kappa shape index (κ1) is 30.3. The molecule has 0 saturated heterocycles. The number of ketones is 1. The molecule has 9 unspecified atom stereocenters. The van der Waals surface area contributed by atoms with Gasteiger partial charge < -0.3 is 27.6 Å². The number of hydrogen-bond acceptors (Lipinski definition) is 4. The third-order valence-electron chi connectivity index (χ3n) is 11.4. The van der Waals surface area contributed by atoms with Gasteiger partial charge in [0.25, 0.3) is 0 Å². The van der Waals surface area contributed by atoms with Gasteiger partial charge in [0.2, 0.25) is 0 Å². The van der Waals surface area contributed by atoms with Crippen molar-refractivity contribution in [3.8, 4) is 0 Å². The van der Waals surface area contributed by atoms with Crippen molar-refractivity contribution in [2.75, 3.05) is 6.54 Å². The maximum Gasteiger partial charge on any atom is 0.302 e. The molecule has 3 saturated carbocycles. The number of benzene rings is 1. The van der Waals surface area contributed by atoms with E-state index < -0.39 is 6.10 Å². The van der Waals surface area contributed by atoms with Crippen LogP contribution in [-0.2, 0) is 14.3 Å². The highest BCUT2D eigenvalue weighted by atomic mass is 35.5. The number of halogens is 1. The molecule has 4 aliphatic rings. The summed E-state index contributed by atoms with van der Waals surface area (Å²) in [4.78, 5) is 25.1. The van der Waals surface area contributed by atoms with E-state index in [1.165, 1.54) is 26.2 Å². The number of rotatable bonds is 8. The number of nitrogens with two attached hydrogens (primary N) is 1. The molecule has 3 fully saturated rings. The highest BCUT2D eigenvalue weighted by molar-refractivity contribution is 5.97. The SMILES string of the molecule is CC(=O)OC1CCC2(C)C(CCC3C4CC=C(C(=O)CC[NH2+]C(C)C(O)c5ccccc5)C4(C)CCC32)C1.[Cl-]. The van der Waals surface area contributed by atoms with Crippen LogP contribution < -0.4 is 17.7 Å². The molecule has 0 heterocycles. The monoisotopic (exact) mass is 557 g/mol. The fourth-order valence-electron chi connectivity index (χ4n) is 9.25. The molecule has 0 radical (unpaired) electrons. The standard InChI is InChI=1S/C33H47NO4.ClH/c1-21(31(37)23-8-6-5-7-9-23)34-19-16-30(36)29-13-12-27-26-11-10-24-20-25(38-22(2)35)14-17-32(24,3)28(26)15-18-33(27,29)4;/h5-9,13,21,24-28,31,34,37H,10-12,14-20H2,1-4H3;1H. The van der Waals surface area contributed by atoms with Gasteiger partial charge in [0.05, 0.1) is 13.0 Å². The molecule has 5 rings (SSSR count).